The molecule has 3 aromatic carbocycles. The SMILES string of the molecule is Cc1cccc(-c2nnc(COc3ccc(Oc4ccccc4)cc3)o2)c1. The highest BCUT2D eigenvalue weighted by molar-refractivity contribution is 5.53. The Kier molecular flexibility index (Phi) is 4.83. The molecule has 0 aliphatic rings. The van der Waals surface area contributed by atoms with Crippen LogP contribution in [0.2, 0.25) is 0 Å². The third-order valence-electron chi connectivity index (χ3n) is 3.90. The fourth-order valence-electron chi connectivity index (χ4n) is 2.58. The van der Waals surface area contributed by atoms with E-state index in [1.807, 2.05) is 85.8 Å². The summed E-state index contributed by atoms with van der Waals surface area (Å²) in [6, 6.07) is 25.0. The van der Waals surface area contributed by atoms with Crippen LogP contribution in [0, 0.1) is 6.92 Å². The van der Waals surface area contributed by atoms with Crippen molar-refractivity contribution in [2.45, 2.75) is 13.5 Å². The van der Waals surface area contributed by atoms with Crippen molar-refractivity contribution in [1.82, 2.24) is 10.2 Å². The molecule has 0 N–H and O–H groups in total. The van der Waals surface area contributed by atoms with E-state index in [-0.39, 0.29) is 6.61 Å². The molecule has 5 nitrogen and oxygen atoms in total. The summed E-state index contributed by atoms with van der Waals surface area (Å²) in [7, 11) is 0. The molecule has 0 fully saturated rings. The number of benzene rings is 3. The first-order valence-corrected chi connectivity index (χ1v) is 8.61. The van der Waals surface area contributed by atoms with Gasteiger partial charge in [0.15, 0.2) is 6.61 Å². The molecule has 0 bridgehead atoms. The minimum Gasteiger partial charge on any atom is -0.484 e. The number of hydrogen-bond acceptors (Lipinski definition) is 5. The summed E-state index contributed by atoms with van der Waals surface area (Å²) in [5.41, 5.74) is 2.04. The predicted octanol–water partition coefficient (Wildman–Crippen LogP) is 5.42. The number of ether oxygens (including phenoxy) is 2. The second-order valence-electron chi connectivity index (χ2n) is 6.05. The largest absolute Gasteiger partial charge is 0.484 e. The third-order valence-corrected chi connectivity index (χ3v) is 3.90. The van der Waals surface area contributed by atoms with E-state index in [9.17, 15) is 0 Å². The molecule has 5 heteroatoms. The van der Waals surface area contributed by atoms with Gasteiger partial charge < -0.3 is 13.9 Å². The number of nitrogens with zero attached hydrogens (tertiary/aromatic N) is 2. The minimum absolute atomic E-state index is 0.206. The van der Waals surface area contributed by atoms with Crippen LogP contribution in [0.1, 0.15) is 11.5 Å². The summed E-state index contributed by atoms with van der Waals surface area (Å²) in [5, 5.41) is 8.13. The maximum Gasteiger partial charge on any atom is 0.254 e. The van der Waals surface area contributed by atoms with Gasteiger partial charge >= 0.3 is 0 Å². The summed E-state index contributed by atoms with van der Waals surface area (Å²) >= 11 is 0. The van der Waals surface area contributed by atoms with Crippen molar-refractivity contribution >= 4 is 0 Å². The molecule has 0 radical (unpaired) electrons. The Labute approximate surface area is 157 Å². The van der Waals surface area contributed by atoms with E-state index in [2.05, 4.69) is 10.2 Å². The number of hydrogen-bond donors (Lipinski definition) is 0. The zero-order valence-corrected chi connectivity index (χ0v) is 14.8. The zero-order chi connectivity index (χ0) is 18.5. The van der Waals surface area contributed by atoms with E-state index in [1.54, 1.807) is 0 Å². The molecule has 1 heterocycles. The van der Waals surface area contributed by atoms with Crippen LogP contribution in [0.5, 0.6) is 17.2 Å². The van der Waals surface area contributed by atoms with Crippen molar-refractivity contribution < 1.29 is 13.9 Å². The Morgan fingerprint density at radius 3 is 2.30 bits per heavy atom. The quantitative estimate of drug-likeness (QED) is 0.461. The van der Waals surface area contributed by atoms with Gasteiger partial charge in [-0.3, -0.25) is 0 Å². The second-order valence-corrected chi connectivity index (χ2v) is 6.05. The Balaban J connectivity index is 1.36. The maximum atomic E-state index is 5.76. The van der Waals surface area contributed by atoms with Gasteiger partial charge in [0.25, 0.3) is 5.89 Å². The van der Waals surface area contributed by atoms with Crippen molar-refractivity contribution in [2.24, 2.45) is 0 Å². The van der Waals surface area contributed by atoms with Crippen LogP contribution >= 0.6 is 0 Å². The molecule has 0 saturated carbocycles. The first-order chi connectivity index (χ1) is 13.3. The minimum atomic E-state index is 0.206. The Hall–Kier alpha value is -3.60. The highest BCUT2D eigenvalue weighted by Crippen LogP contribution is 2.24. The highest BCUT2D eigenvalue weighted by Gasteiger charge is 2.09. The van der Waals surface area contributed by atoms with Gasteiger partial charge in [0.2, 0.25) is 5.89 Å². The average molecular weight is 358 g/mol. The molecule has 0 atom stereocenters. The van der Waals surface area contributed by atoms with E-state index >= 15 is 0 Å². The average Bonchev–Trinajstić information content (AvgIpc) is 3.17. The molecule has 0 aliphatic carbocycles. The molecule has 134 valence electrons. The summed E-state index contributed by atoms with van der Waals surface area (Å²) in [4.78, 5) is 0. The molecule has 0 unspecified atom stereocenters. The van der Waals surface area contributed by atoms with Crippen LogP contribution in [-0.2, 0) is 6.61 Å². The predicted molar refractivity (Wildman–Crippen MR) is 102 cm³/mol. The molecular formula is C22H18N2O3. The van der Waals surface area contributed by atoms with Gasteiger partial charge in [-0.05, 0) is 55.5 Å². The van der Waals surface area contributed by atoms with Gasteiger partial charge in [-0.25, -0.2) is 0 Å². The van der Waals surface area contributed by atoms with E-state index in [0.717, 1.165) is 22.6 Å². The highest BCUT2D eigenvalue weighted by atomic mass is 16.5. The van der Waals surface area contributed by atoms with E-state index in [4.69, 9.17) is 13.9 Å². The van der Waals surface area contributed by atoms with Gasteiger partial charge in [0.1, 0.15) is 17.2 Å². The monoisotopic (exact) mass is 358 g/mol. The molecule has 4 rings (SSSR count). The van der Waals surface area contributed by atoms with Crippen molar-refractivity contribution in [3.05, 3.63) is 90.3 Å². The summed E-state index contributed by atoms with van der Waals surface area (Å²) in [5.74, 6) is 3.15. The molecule has 0 saturated heterocycles. The van der Waals surface area contributed by atoms with Crippen molar-refractivity contribution in [3.8, 4) is 28.7 Å². The molecule has 0 amide bonds. The zero-order valence-electron chi connectivity index (χ0n) is 14.8. The van der Waals surface area contributed by atoms with Crippen LogP contribution < -0.4 is 9.47 Å². The molecule has 27 heavy (non-hydrogen) atoms. The van der Waals surface area contributed by atoms with Gasteiger partial charge in [0, 0.05) is 5.56 Å². The lowest BCUT2D eigenvalue weighted by molar-refractivity contribution is 0.264. The smallest absolute Gasteiger partial charge is 0.254 e. The fraction of sp³-hybridized carbons (Fsp3) is 0.0909. The number of aromatic nitrogens is 2. The fourth-order valence-corrected chi connectivity index (χ4v) is 2.58. The molecule has 4 aromatic rings. The number of aryl methyl sites for hydroxylation is 1. The van der Waals surface area contributed by atoms with E-state index in [0.29, 0.717) is 17.5 Å². The van der Waals surface area contributed by atoms with E-state index in [1.165, 1.54) is 0 Å². The van der Waals surface area contributed by atoms with Gasteiger partial charge in [-0.15, -0.1) is 10.2 Å². The Morgan fingerprint density at radius 1 is 0.778 bits per heavy atom. The Morgan fingerprint density at radius 2 is 1.52 bits per heavy atom. The van der Waals surface area contributed by atoms with Crippen molar-refractivity contribution in [1.29, 1.82) is 0 Å². The molecule has 0 aliphatic heterocycles. The van der Waals surface area contributed by atoms with Crippen LogP contribution in [0.3, 0.4) is 0 Å². The van der Waals surface area contributed by atoms with Crippen LogP contribution in [0.4, 0.5) is 0 Å². The lowest BCUT2D eigenvalue weighted by Gasteiger charge is -2.07. The topological polar surface area (TPSA) is 57.4 Å². The number of para-hydroxylation sites is 1. The maximum absolute atomic E-state index is 5.76. The van der Waals surface area contributed by atoms with Crippen molar-refractivity contribution in [3.63, 3.8) is 0 Å². The first kappa shape index (κ1) is 16.8. The van der Waals surface area contributed by atoms with Crippen LogP contribution in [0.25, 0.3) is 11.5 Å². The van der Waals surface area contributed by atoms with Crippen LogP contribution in [-0.4, -0.2) is 10.2 Å². The van der Waals surface area contributed by atoms with Gasteiger partial charge in [-0.2, -0.15) is 0 Å². The van der Waals surface area contributed by atoms with Gasteiger partial charge in [-0.1, -0.05) is 35.9 Å². The number of rotatable bonds is 6. The normalized spacial score (nSPS) is 10.6. The summed E-state index contributed by atoms with van der Waals surface area (Å²) in [6.07, 6.45) is 0. The lowest BCUT2D eigenvalue weighted by atomic mass is 10.1. The summed E-state index contributed by atoms with van der Waals surface area (Å²) in [6.45, 7) is 2.23. The first-order valence-electron chi connectivity index (χ1n) is 8.61. The Bertz CT molecular complexity index is 1010. The molecular weight excluding hydrogens is 340 g/mol. The van der Waals surface area contributed by atoms with E-state index < -0.39 is 0 Å². The van der Waals surface area contributed by atoms with Gasteiger partial charge in [0.05, 0.1) is 0 Å². The second kappa shape index (κ2) is 7.74. The molecule has 1 aromatic heterocycles. The molecule has 0 spiro atoms. The lowest BCUT2D eigenvalue weighted by Crippen LogP contribution is -1.95. The van der Waals surface area contributed by atoms with Crippen molar-refractivity contribution in [2.75, 3.05) is 0 Å². The summed E-state index contributed by atoms with van der Waals surface area (Å²) < 4.78 is 17.2. The third kappa shape index (κ3) is 4.33. The standard InChI is InChI=1S/C22H18N2O3/c1-16-6-5-7-17(14-16)22-24-23-21(27-22)15-25-18-10-12-20(13-11-18)26-19-8-3-2-4-9-19/h2-14H,15H2,1H3. The van der Waals surface area contributed by atoms with Crippen LogP contribution in [0.15, 0.2) is 83.3 Å².